The molecule has 1 amide bonds. The van der Waals surface area contributed by atoms with Crippen molar-refractivity contribution in [2.75, 3.05) is 13.6 Å². The van der Waals surface area contributed by atoms with Crippen LogP contribution in [0.2, 0.25) is 0 Å². The molecule has 0 spiro atoms. The highest BCUT2D eigenvalue weighted by molar-refractivity contribution is 5.83. The first kappa shape index (κ1) is 10.9. The summed E-state index contributed by atoms with van der Waals surface area (Å²) in [5.74, 6) is -0.363. The van der Waals surface area contributed by atoms with Crippen molar-refractivity contribution < 1.29 is 9.90 Å². The second kappa shape index (κ2) is 4.07. The van der Waals surface area contributed by atoms with E-state index < -0.39 is 5.60 Å². The molecule has 0 saturated heterocycles. The molecule has 0 aliphatic rings. The van der Waals surface area contributed by atoms with Crippen LogP contribution in [0.1, 0.15) is 20.3 Å². The number of hydrogen-bond acceptors (Lipinski definition) is 3. The molecule has 0 atom stereocenters. The van der Waals surface area contributed by atoms with Crippen molar-refractivity contribution in [3.05, 3.63) is 0 Å². The van der Waals surface area contributed by atoms with Gasteiger partial charge in [0.05, 0.1) is 12.5 Å². The van der Waals surface area contributed by atoms with Crippen molar-refractivity contribution in [1.82, 2.24) is 4.90 Å². The van der Waals surface area contributed by atoms with Crippen LogP contribution in [-0.2, 0) is 4.79 Å². The Hall–Kier alpha value is -1.08. The fourth-order valence-electron chi connectivity index (χ4n) is 0.786. The molecule has 0 bridgehead atoms. The van der Waals surface area contributed by atoms with Crippen molar-refractivity contribution in [1.29, 1.82) is 5.26 Å². The molecule has 0 aliphatic carbocycles. The van der Waals surface area contributed by atoms with E-state index >= 15 is 0 Å². The Labute approximate surface area is 72.4 Å². The number of carbonyl (C=O) groups is 1. The second-order valence-corrected chi connectivity index (χ2v) is 3.19. The molecular weight excluding hydrogens is 156 g/mol. The maximum atomic E-state index is 11.2. The number of hydrogen-bond donors (Lipinski definition) is 1. The number of rotatable bonds is 3. The van der Waals surface area contributed by atoms with Crippen LogP contribution in [0.25, 0.3) is 0 Å². The Morgan fingerprint density at radius 1 is 1.67 bits per heavy atom. The number of nitriles is 1. The van der Waals surface area contributed by atoms with Gasteiger partial charge in [0.1, 0.15) is 5.60 Å². The molecule has 1 N–H and O–H groups in total. The summed E-state index contributed by atoms with van der Waals surface area (Å²) >= 11 is 0. The third-order valence-corrected chi connectivity index (χ3v) is 1.43. The Morgan fingerprint density at radius 3 is 2.50 bits per heavy atom. The van der Waals surface area contributed by atoms with Crippen molar-refractivity contribution >= 4 is 5.91 Å². The van der Waals surface area contributed by atoms with Gasteiger partial charge in [-0.3, -0.25) is 4.79 Å². The molecule has 4 nitrogen and oxygen atoms in total. The average molecular weight is 170 g/mol. The Bertz CT molecular complexity index is 200. The first-order valence-electron chi connectivity index (χ1n) is 3.74. The summed E-state index contributed by atoms with van der Waals surface area (Å²) in [6.07, 6.45) is 0.290. The molecule has 0 rings (SSSR count). The van der Waals surface area contributed by atoms with Gasteiger partial charge < -0.3 is 10.0 Å². The minimum absolute atomic E-state index is 0.290. The first-order valence-corrected chi connectivity index (χ1v) is 3.74. The molecule has 12 heavy (non-hydrogen) atoms. The highest BCUT2D eigenvalue weighted by Gasteiger charge is 2.26. The van der Waals surface area contributed by atoms with E-state index in [0.717, 1.165) is 0 Å². The maximum absolute atomic E-state index is 11.2. The van der Waals surface area contributed by atoms with Crippen molar-refractivity contribution in [2.24, 2.45) is 0 Å². The van der Waals surface area contributed by atoms with Gasteiger partial charge in [0.2, 0.25) is 0 Å². The van der Waals surface area contributed by atoms with E-state index in [1.54, 1.807) is 7.05 Å². The van der Waals surface area contributed by atoms with Crippen molar-refractivity contribution in [3.8, 4) is 6.07 Å². The standard InChI is InChI=1S/C8H14N2O2/c1-8(2,12)7(11)10(3)6-4-5-9/h12H,4,6H2,1-3H3. The SMILES string of the molecule is CN(CCC#N)C(=O)C(C)(C)O. The predicted molar refractivity (Wildman–Crippen MR) is 44.2 cm³/mol. The van der Waals surface area contributed by atoms with E-state index in [1.807, 2.05) is 6.07 Å². The van der Waals surface area contributed by atoms with E-state index in [9.17, 15) is 9.90 Å². The van der Waals surface area contributed by atoms with Crippen LogP contribution in [0.3, 0.4) is 0 Å². The summed E-state index contributed by atoms with van der Waals surface area (Å²) in [6, 6.07) is 1.93. The Kier molecular flexibility index (Phi) is 3.71. The minimum atomic E-state index is -1.34. The van der Waals surface area contributed by atoms with Crippen LogP contribution in [0.4, 0.5) is 0 Å². The summed E-state index contributed by atoms with van der Waals surface area (Å²) < 4.78 is 0. The average Bonchev–Trinajstić information content (AvgIpc) is 1.97. The number of likely N-dealkylation sites (N-methyl/N-ethyl adjacent to an activating group) is 1. The molecule has 68 valence electrons. The third-order valence-electron chi connectivity index (χ3n) is 1.43. The molecule has 0 unspecified atom stereocenters. The fourth-order valence-corrected chi connectivity index (χ4v) is 0.786. The Balaban J connectivity index is 4.04. The number of amides is 1. The predicted octanol–water partition coefficient (Wildman–Crippen LogP) is 0.129. The second-order valence-electron chi connectivity index (χ2n) is 3.19. The van der Waals surface area contributed by atoms with Gasteiger partial charge in [-0.2, -0.15) is 5.26 Å². The number of nitrogens with zero attached hydrogens (tertiary/aromatic N) is 2. The zero-order valence-electron chi connectivity index (χ0n) is 7.66. The van der Waals surface area contributed by atoms with E-state index in [2.05, 4.69) is 0 Å². The smallest absolute Gasteiger partial charge is 0.253 e. The van der Waals surface area contributed by atoms with Gasteiger partial charge in [0.15, 0.2) is 0 Å². The maximum Gasteiger partial charge on any atom is 0.253 e. The van der Waals surface area contributed by atoms with E-state index in [4.69, 9.17) is 5.26 Å². The summed E-state index contributed by atoms with van der Waals surface area (Å²) in [4.78, 5) is 12.6. The van der Waals surface area contributed by atoms with Gasteiger partial charge in [0.25, 0.3) is 5.91 Å². The van der Waals surface area contributed by atoms with Crippen molar-refractivity contribution in [3.63, 3.8) is 0 Å². The first-order chi connectivity index (χ1) is 5.39. The zero-order valence-corrected chi connectivity index (χ0v) is 7.66. The van der Waals surface area contributed by atoms with Gasteiger partial charge in [-0.05, 0) is 13.8 Å². The molecule has 0 fully saturated rings. The fraction of sp³-hybridized carbons (Fsp3) is 0.750. The normalized spacial score (nSPS) is 10.6. The van der Waals surface area contributed by atoms with Gasteiger partial charge in [-0.25, -0.2) is 0 Å². The molecule has 0 aromatic heterocycles. The molecule has 4 heteroatoms. The van der Waals surface area contributed by atoms with Gasteiger partial charge in [-0.15, -0.1) is 0 Å². The number of aliphatic hydroxyl groups is 1. The lowest BCUT2D eigenvalue weighted by Crippen LogP contribution is -2.43. The summed E-state index contributed by atoms with van der Waals surface area (Å²) in [6.45, 7) is 3.22. The lowest BCUT2D eigenvalue weighted by Gasteiger charge is -2.23. The van der Waals surface area contributed by atoms with Gasteiger partial charge in [0, 0.05) is 13.6 Å². The lowest BCUT2D eigenvalue weighted by molar-refractivity contribution is -0.146. The molecular formula is C8H14N2O2. The largest absolute Gasteiger partial charge is 0.381 e. The topological polar surface area (TPSA) is 64.3 Å². The zero-order chi connectivity index (χ0) is 9.78. The lowest BCUT2D eigenvalue weighted by atomic mass is 10.1. The molecule has 0 saturated carbocycles. The van der Waals surface area contributed by atoms with E-state index in [0.29, 0.717) is 13.0 Å². The highest BCUT2D eigenvalue weighted by Crippen LogP contribution is 2.05. The molecule has 0 heterocycles. The van der Waals surface area contributed by atoms with Gasteiger partial charge >= 0.3 is 0 Å². The highest BCUT2D eigenvalue weighted by atomic mass is 16.3. The summed E-state index contributed by atoms with van der Waals surface area (Å²) in [7, 11) is 1.57. The summed E-state index contributed by atoms with van der Waals surface area (Å²) in [5.41, 5.74) is -1.34. The van der Waals surface area contributed by atoms with Crippen LogP contribution >= 0.6 is 0 Å². The van der Waals surface area contributed by atoms with E-state index in [1.165, 1.54) is 18.7 Å². The number of carbonyl (C=O) groups excluding carboxylic acids is 1. The van der Waals surface area contributed by atoms with Crippen LogP contribution in [-0.4, -0.2) is 35.1 Å². The van der Waals surface area contributed by atoms with Gasteiger partial charge in [-0.1, -0.05) is 0 Å². The van der Waals surface area contributed by atoms with E-state index in [-0.39, 0.29) is 5.91 Å². The van der Waals surface area contributed by atoms with Crippen LogP contribution in [0.5, 0.6) is 0 Å². The molecule has 0 aromatic carbocycles. The summed E-state index contributed by atoms with van der Waals surface area (Å²) in [5, 5.41) is 17.5. The Morgan fingerprint density at radius 2 is 2.17 bits per heavy atom. The van der Waals surface area contributed by atoms with Crippen LogP contribution in [0, 0.1) is 11.3 Å². The molecule has 0 aliphatic heterocycles. The van der Waals surface area contributed by atoms with Crippen molar-refractivity contribution in [2.45, 2.75) is 25.9 Å². The third kappa shape index (κ3) is 3.35. The van der Waals surface area contributed by atoms with Crippen LogP contribution in [0.15, 0.2) is 0 Å². The van der Waals surface area contributed by atoms with Crippen LogP contribution < -0.4 is 0 Å². The minimum Gasteiger partial charge on any atom is -0.381 e. The molecule has 0 radical (unpaired) electrons. The monoisotopic (exact) mass is 170 g/mol. The molecule has 0 aromatic rings. The quantitative estimate of drug-likeness (QED) is 0.654.